The Morgan fingerprint density at radius 2 is 2.04 bits per heavy atom. The van der Waals surface area contributed by atoms with Crippen LogP contribution < -0.4 is 15.5 Å². The molecule has 27 heavy (non-hydrogen) atoms. The molecule has 0 saturated carbocycles. The van der Waals surface area contributed by atoms with Gasteiger partial charge < -0.3 is 25.4 Å². The molecule has 152 valence electrons. The van der Waals surface area contributed by atoms with Crippen LogP contribution in [-0.4, -0.2) is 88.9 Å². The number of carboxylic acids is 1. The molecule has 1 aliphatic rings. The first kappa shape index (κ1) is 21.1. The minimum Gasteiger partial charge on any atom is -0.480 e. The topological polar surface area (TPSA) is 116 Å². The Hall–Kier alpha value is -2.20. The number of morpholine rings is 1. The van der Waals surface area contributed by atoms with Gasteiger partial charge in [0.1, 0.15) is 0 Å². The summed E-state index contributed by atoms with van der Waals surface area (Å²) >= 11 is 0. The second-order valence-corrected chi connectivity index (χ2v) is 7.72. The van der Waals surface area contributed by atoms with E-state index in [1.54, 1.807) is 11.9 Å². The Kier molecular flexibility index (Phi) is 7.14. The van der Waals surface area contributed by atoms with Crippen LogP contribution in [0.25, 0.3) is 0 Å². The second kappa shape index (κ2) is 9.14. The molecule has 1 aromatic heterocycles. The number of likely N-dealkylation sites (N-methyl/N-ethyl adjacent to an activating group) is 1. The summed E-state index contributed by atoms with van der Waals surface area (Å²) in [6.07, 6.45) is -0.110. The van der Waals surface area contributed by atoms with Crippen molar-refractivity contribution in [2.45, 2.75) is 39.3 Å². The highest BCUT2D eigenvalue weighted by Gasteiger charge is 2.25. The summed E-state index contributed by atoms with van der Waals surface area (Å²) in [6, 6.07) is 0. The fourth-order valence-electron chi connectivity index (χ4n) is 2.79. The van der Waals surface area contributed by atoms with Gasteiger partial charge in [-0.05, 0) is 34.7 Å². The lowest BCUT2D eigenvalue weighted by Crippen LogP contribution is -2.48. The van der Waals surface area contributed by atoms with Gasteiger partial charge in [-0.25, -0.2) is 0 Å². The van der Waals surface area contributed by atoms with Crippen molar-refractivity contribution in [1.29, 1.82) is 0 Å². The van der Waals surface area contributed by atoms with E-state index in [2.05, 4.69) is 30.5 Å². The van der Waals surface area contributed by atoms with Gasteiger partial charge in [0, 0.05) is 31.7 Å². The lowest BCUT2D eigenvalue weighted by atomic mass is 10.1. The smallest absolute Gasteiger partial charge is 0.317 e. The molecule has 2 heterocycles. The van der Waals surface area contributed by atoms with Crippen molar-refractivity contribution in [2.75, 3.05) is 61.9 Å². The van der Waals surface area contributed by atoms with E-state index in [9.17, 15) is 4.79 Å². The first-order valence-electron chi connectivity index (χ1n) is 9.21. The molecule has 1 atom stereocenters. The SMILES string of the molecule is CCNc1nc(NC(C)(C)C)nc(N2CCOC(CN(C)CC(=O)O)C2)n1. The predicted octanol–water partition coefficient (Wildman–Crippen LogP) is 0.735. The van der Waals surface area contributed by atoms with Crippen LogP contribution in [0.15, 0.2) is 0 Å². The maximum atomic E-state index is 10.9. The molecule has 0 aliphatic carbocycles. The summed E-state index contributed by atoms with van der Waals surface area (Å²) in [7, 11) is 1.77. The lowest BCUT2D eigenvalue weighted by Gasteiger charge is -2.34. The highest BCUT2D eigenvalue weighted by Crippen LogP contribution is 2.19. The zero-order valence-electron chi connectivity index (χ0n) is 16.8. The van der Waals surface area contributed by atoms with Crippen molar-refractivity contribution in [2.24, 2.45) is 0 Å². The zero-order chi connectivity index (χ0) is 20.0. The third-order valence-electron chi connectivity index (χ3n) is 3.79. The van der Waals surface area contributed by atoms with E-state index in [0.717, 1.165) is 0 Å². The van der Waals surface area contributed by atoms with Gasteiger partial charge in [0.2, 0.25) is 17.8 Å². The van der Waals surface area contributed by atoms with Gasteiger partial charge in [0.15, 0.2) is 0 Å². The van der Waals surface area contributed by atoms with Gasteiger partial charge in [-0.2, -0.15) is 15.0 Å². The first-order chi connectivity index (χ1) is 12.7. The normalized spacial score (nSPS) is 17.9. The number of nitrogens with zero attached hydrogens (tertiary/aromatic N) is 5. The number of carbonyl (C=O) groups is 1. The zero-order valence-corrected chi connectivity index (χ0v) is 16.8. The molecule has 0 bridgehead atoms. The number of anilines is 3. The van der Waals surface area contributed by atoms with Crippen LogP contribution in [0.3, 0.4) is 0 Å². The van der Waals surface area contributed by atoms with Gasteiger partial charge in [-0.15, -0.1) is 0 Å². The van der Waals surface area contributed by atoms with E-state index in [1.807, 2.05) is 27.7 Å². The Balaban J connectivity index is 2.13. The minimum absolute atomic E-state index is 0.0180. The van der Waals surface area contributed by atoms with Crippen molar-refractivity contribution in [3.63, 3.8) is 0 Å². The summed E-state index contributed by atoms with van der Waals surface area (Å²) in [6.45, 7) is 11.2. The molecule has 1 unspecified atom stereocenters. The van der Waals surface area contributed by atoms with Crippen LogP contribution >= 0.6 is 0 Å². The molecule has 0 radical (unpaired) electrons. The largest absolute Gasteiger partial charge is 0.480 e. The molecule has 1 saturated heterocycles. The number of hydrogen-bond acceptors (Lipinski definition) is 9. The fourth-order valence-corrected chi connectivity index (χ4v) is 2.79. The predicted molar refractivity (Wildman–Crippen MR) is 104 cm³/mol. The molecule has 2 rings (SSSR count). The van der Waals surface area contributed by atoms with Gasteiger partial charge in [0.25, 0.3) is 0 Å². The third-order valence-corrected chi connectivity index (χ3v) is 3.79. The molecule has 1 aliphatic heterocycles. The summed E-state index contributed by atoms with van der Waals surface area (Å²) in [5.41, 5.74) is -0.171. The molecular weight excluding hydrogens is 350 g/mol. The average molecular weight is 381 g/mol. The van der Waals surface area contributed by atoms with Crippen molar-refractivity contribution in [3.05, 3.63) is 0 Å². The number of rotatable bonds is 8. The van der Waals surface area contributed by atoms with E-state index in [0.29, 0.717) is 50.6 Å². The molecule has 10 heteroatoms. The average Bonchev–Trinajstić information content (AvgIpc) is 2.52. The Labute approximate surface area is 160 Å². The lowest BCUT2D eigenvalue weighted by molar-refractivity contribution is -0.138. The summed E-state index contributed by atoms with van der Waals surface area (Å²) < 4.78 is 5.79. The number of nitrogens with one attached hydrogen (secondary N) is 2. The third kappa shape index (κ3) is 7.14. The molecular formula is C17H31N7O3. The highest BCUT2D eigenvalue weighted by molar-refractivity contribution is 5.69. The van der Waals surface area contributed by atoms with Crippen LogP contribution in [0.4, 0.5) is 17.8 Å². The monoisotopic (exact) mass is 381 g/mol. The quantitative estimate of drug-likeness (QED) is 0.595. The summed E-state index contributed by atoms with van der Waals surface area (Å²) in [5.74, 6) is 0.785. The van der Waals surface area contributed by atoms with Crippen LogP contribution in [0.5, 0.6) is 0 Å². The number of aliphatic carboxylic acids is 1. The van der Waals surface area contributed by atoms with Crippen molar-refractivity contribution in [3.8, 4) is 0 Å². The first-order valence-corrected chi connectivity index (χ1v) is 9.21. The Morgan fingerprint density at radius 3 is 2.67 bits per heavy atom. The maximum Gasteiger partial charge on any atom is 0.317 e. The van der Waals surface area contributed by atoms with Crippen LogP contribution in [0.1, 0.15) is 27.7 Å². The van der Waals surface area contributed by atoms with Gasteiger partial charge in [-0.1, -0.05) is 0 Å². The van der Waals surface area contributed by atoms with E-state index < -0.39 is 5.97 Å². The van der Waals surface area contributed by atoms with E-state index in [1.165, 1.54) is 0 Å². The molecule has 1 fully saturated rings. The number of carboxylic acid groups (broad SMARTS) is 1. The fraction of sp³-hybridized carbons (Fsp3) is 0.765. The minimum atomic E-state index is -0.851. The highest BCUT2D eigenvalue weighted by atomic mass is 16.5. The van der Waals surface area contributed by atoms with Gasteiger partial charge in [0.05, 0.1) is 19.3 Å². The standard InChI is InChI=1S/C17H31N7O3/c1-6-18-14-19-15(22-17(2,3)4)21-16(20-14)24-7-8-27-12(10-24)9-23(5)11-13(25)26/h12H,6-11H2,1-5H3,(H,25,26)(H2,18,19,20,21,22). The molecule has 0 amide bonds. The van der Waals surface area contributed by atoms with Crippen molar-refractivity contribution in [1.82, 2.24) is 19.9 Å². The Morgan fingerprint density at radius 1 is 1.33 bits per heavy atom. The maximum absolute atomic E-state index is 10.9. The molecule has 1 aromatic rings. The van der Waals surface area contributed by atoms with Gasteiger partial charge >= 0.3 is 5.97 Å². The molecule has 3 N–H and O–H groups in total. The number of ether oxygens (including phenoxy) is 1. The van der Waals surface area contributed by atoms with E-state index in [-0.39, 0.29) is 18.2 Å². The van der Waals surface area contributed by atoms with Crippen molar-refractivity contribution < 1.29 is 14.6 Å². The second-order valence-electron chi connectivity index (χ2n) is 7.72. The number of aromatic nitrogens is 3. The van der Waals surface area contributed by atoms with Crippen molar-refractivity contribution >= 4 is 23.8 Å². The van der Waals surface area contributed by atoms with Crippen LogP contribution in [-0.2, 0) is 9.53 Å². The molecule has 0 spiro atoms. The van der Waals surface area contributed by atoms with Gasteiger partial charge in [-0.3, -0.25) is 9.69 Å². The summed E-state index contributed by atoms with van der Waals surface area (Å²) in [5, 5.41) is 15.3. The van der Waals surface area contributed by atoms with E-state index in [4.69, 9.17) is 9.84 Å². The summed E-state index contributed by atoms with van der Waals surface area (Å²) in [4.78, 5) is 28.2. The van der Waals surface area contributed by atoms with Crippen LogP contribution in [0.2, 0.25) is 0 Å². The molecule has 0 aromatic carbocycles. The Bertz CT molecular complexity index is 635. The van der Waals surface area contributed by atoms with E-state index >= 15 is 0 Å². The van der Waals surface area contributed by atoms with Crippen LogP contribution in [0, 0.1) is 0 Å². The molecule has 10 nitrogen and oxygen atoms in total. The number of hydrogen-bond donors (Lipinski definition) is 3.